The second-order valence-electron chi connectivity index (χ2n) is 5.54. The Labute approximate surface area is 97.2 Å². The molecule has 1 aliphatic carbocycles. The molecule has 0 aromatic heterocycles. The standard InChI is InChI=1S/C13H22O3/c1-9-4-6-11(13(2,3)16)10(8-9)5-7-12(14)15/h5,7,9-11,16H,4,6,8H2,1-3H3,(H,14,15). The molecule has 0 aliphatic heterocycles. The van der Waals surface area contributed by atoms with Crippen LogP contribution in [0.4, 0.5) is 0 Å². The molecule has 0 spiro atoms. The first kappa shape index (κ1) is 13.2. The highest BCUT2D eigenvalue weighted by Gasteiger charge is 2.36. The maximum Gasteiger partial charge on any atom is 0.327 e. The van der Waals surface area contributed by atoms with Crippen molar-refractivity contribution >= 4 is 5.97 Å². The van der Waals surface area contributed by atoms with Gasteiger partial charge in [-0.2, -0.15) is 0 Å². The van der Waals surface area contributed by atoms with Gasteiger partial charge in [-0.05, 0) is 44.4 Å². The molecule has 1 fully saturated rings. The zero-order chi connectivity index (χ0) is 12.3. The van der Waals surface area contributed by atoms with Crippen molar-refractivity contribution in [3.05, 3.63) is 12.2 Å². The van der Waals surface area contributed by atoms with Crippen molar-refractivity contribution in [3.8, 4) is 0 Å². The van der Waals surface area contributed by atoms with Crippen LogP contribution in [0.2, 0.25) is 0 Å². The number of carbonyl (C=O) groups is 1. The first-order valence-electron chi connectivity index (χ1n) is 5.94. The zero-order valence-electron chi connectivity index (χ0n) is 10.3. The first-order valence-corrected chi connectivity index (χ1v) is 5.94. The number of carboxylic acid groups (broad SMARTS) is 1. The second-order valence-corrected chi connectivity index (χ2v) is 5.54. The smallest absolute Gasteiger partial charge is 0.327 e. The summed E-state index contributed by atoms with van der Waals surface area (Å²) in [6.45, 7) is 5.81. The van der Waals surface area contributed by atoms with Crippen LogP contribution in [0.5, 0.6) is 0 Å². The van der Waals surface area contributed by atoms with Crippen molar-refractivity contribution < 1.29 is 15.0 Å². The van der Waals surface area contributed by atoms with E-state index < -0.39 is 11.6 Å². The van der Waals surface area contributed by atoms with Crippen LogP contribution in [0.25, 0.3) is 0 Å². The van der Waals surface area contributed by atoms with Gasteiger partial charge in [0.25, 0.3) is 0 Å². The Morgan fingerprint density at radius 3 is 2.50 bits per heavy atom. The third kappa shape index (κ3) is 3.63. The summed E-state index contributed by atoms with van der Waals surface area (Å²) in [6.07, 6.45) is 6.02. The van der Waals surface area contributed by atoms with Gasteiger partial charge in [-0.25, -0.2) is 4.79 Å². The highest BCUT2D eigenvalue weighted by atomic mass is 16.4. The number of carboxylic acids is 1. The molecule has 2 N–H and O–H groups in total. The summed E-state index contributed by atoms with van der Waals surface area (Å²) in [5.41, 5.74) is -0.729. The summed E-state index contributed by atoms with van der Waals surface area (Å²) in [4.78, 5) is 10.5. The van der Waals surface area contributed by atoms with E-state index in [4.69, 9.17) is 5.11 Å². The van der Waals surface area contributed by atoms with Crippen molar-refractivity contribution in [1.82, 2.24) is 0 Å². The molecule has 0 amide bonds. The fraction of sp³-hybridized carbons (Fsp3) is 0.769. The molecular formula is C13H22O3. The monoisotopic (exact) mass is 226 g/mol. The Kier molecular flexibility index (Phi) is 4.14. The molecule has 1 rings (SSSR count). The minimum absolute atomic E-state index is 0.166. The van der Waals surface area contributed by atoms with Gasteiger partial charge < -0.3 is 10.2 Å². The number of allylic oxidation sites excluding steroid dienone is 1. The van der Waals surface area contributed by atoms with E-state index in [-0.39, 0.29) is 11.8 Å². The van der Waals surface area contributed by atoms with Gasteiger partial charge in [0.05, 0.1) is 5.60 Å². The number of aliphatic carboxylic acids is 1. The van der Waals surface area contributed by atoms with Crippen LogP contribution >= 0.6 is 0 Å². The molecule has 0 heterocycles. The Hall–Kier alpha value is -0.830. The summed E-state index contributed by atoms with van der Waals surface area (Å²) in [7, 11) is 0. The zero-order valence-corrected chi connectivity index (χ0v) is 10.3. The molecule has 3 heteroatoms. The molecule has 1 saturated carbocycles. The minimum Gasteiger partial charge on any atom is -0.478 e. The van der Waals surface area contributed by atoms with E-state index in [1.54, 1.807) is 6.08 Å². The molecule has 0 radical (unpaired) electrons. The first-order chi connectivity index (χ1) is 7.30. The average molecular weight is 226 g/mol. The van der Waals surface area contributed by atoms with Gasteiger partial charge in [0, 0.05) is 6.08 Å². The summed E-state index contributed by atoms with van der Waals surface area (Å²) in [5, 5.41) is 18.7. The fourth-order valence-electron chi connectivity index (χ4n) is 2.72. The second kappa shape index (κ2) is 5.00. The summed E-state index contributed by atoms with van der Waals surface area (Å²) in [5.74, 6) is 0.0499. The molecule has 1 aliphatic rings. The highest BCUT2D eigenvalue weighted by molar-refractivity contribution is 5.79. The number of hydrogen-bond acceptors (Lipinski definition) is 2. The van der Waals surface area contributed by atoms with Crippen molar-refractivity contribution in [3.63, 3.8) is 0 Å². The van der Waals surface area contributed by atoms with E-state index in [2.05, 4.69) is 6.92 Å². The lowest BCUT2D eigenvalue weighted by Gasteiger charge is -2.40. The molecule has 3 nitrogen and oxygen atoms in total. The molecule has 3 atom stereocenters. The Morgan fingerprint density at radius 2 is 2.00 bits per heavy atom. The highest BCUT2D eigenvalue weighted by Crippen LogP contribution is 2.40. The summed E-state index contributed by atoms with van der Waals surface area (Å²) < 4.78 is 0. The lowest BCUT2D eigenvalue weighted by Crippen LogP contribution is -2.39. The number of aliphatic hydroxyl groups is 1. The quantitative estimate of drug-likeness (QED) is 0.727. The van der Waals surface area contributed by atoms with Crippen molar-refractivity contribution in [2.24, 2.45) is 17.8 Å². The maximum atomic E-state index is 10.5. The SMILES string of the molecule is CC1CCC(C(C)(C)O)C(C=CC(=O)O)C1. The average Bonchev–Trinajstić information content (AvgIpc) is 2.12. The molecule has 0 aromatic carbocycles. The molecule has 3 unspecified atom stereocenters. The Morgan fingerprint density at radius 1 is 1.38 bits per heavy atom. The predicted octanol–water partition coefficient (Wildman–Crippen LogP) is 2.45. The Balaban J connectivity index is 2.77. The van der Waals surface area contributed by atoms with Crippen molar-refractivity contribution in [2.75, 3.05) is 0 Å². The van der Waals surface area contributed by atoms with Gasteiger partial charge in [0.2, 0.25) is 0 Å². The third-order valence-electron chi connectivity index (χ3n) is 3.56. The summed E-state index contributed by atoms with van der Waals surface area (Å²) >= 11 is 0. The molecule has 0 saturated heterocycles. The topological polar surface area (TPSA) is 57.5 Å². The maximum absolute atomic E-state index is 10.5. The van der Waals surface area contributed by atoms with Crippen molar-refractivity contribution in [2.45, 2.75) is 45.6 Å². The number of rotatable bonds is 3. The van der Waals surface area contributed by atoms with Crippen LogP contribution in [0, 0.1) is 17.8 Å². The lowest BCUT2D eigenvalue weighted by atomic mass is 9.68. The van der Waals surface area contributed by atoms with Gasteiger partial charge >= 0.3 is 5.97 Å². The van der Waals surface area contributed by atoms with E-state index in [1.165, 1.54) is 6.08 Å². The van der Waals surface area contributed by atoms with E-state index >= 15 is 0 Å². The minimum atomic E-state index is -0.910. The van der Waals surface area contributed by atoms with Gasteiger partial charge in [0.15, 0.2) is 0 Å². The Bertz CT molecular complexity index is 275. The van der Waals surface area contributed by atoms with Crippen LogP contribution in [0.3, 0.4) is 0 Å². The lowest BCUT2D eigenvalue weighted by molar-refractivity contribution is -0.131. The third-order valence-corrected chi connectivity index (χ3v) is 3.56. The molecule has 16 heavy (non-hydrogen) atoms. The van der Waals surface area contributed by atoms with Crippen LogP contribution in [-0.4, -0.2) is 21.8 Å². The van der Waals surface area contributed by atoms with Crippen LogP contribution < -0.4 is 0 Å². The fourth-order valence-corrected chi connectivity index (χ4v) is 2.72. The van der Waals surface area contributed by atoms with E-state index in [0.29, 0.717) is 5.92 Å². The predicted molar refractivity (Wildman–Crippen MR) is 63.1 cm³/mol. The normalized spacial score (nSPS) is 31.9. The molecule has 92 valence electrons. The van der Waals surface area contributed by atoms with Gasteiger partial charge in [-0.15, -0.1) is 0 Å². The van der Waals surface area contributed by atoms with Gasteiger partial charge in [-0.3, -0.25) is 0 Å². The van der Waals surface area contributed by atoms with E-state index in [0.717, 1.165) is 19.3 Å². The van der Waals surface area contributed by atoms with Crippen LogP contribution in [0.15, 0.2) is 12.2 Å². The molecule has 0 aromatic rings. The molecular weight excluding hydrogens is 204 g/mol. The van der Waals surface area contributed by atoms with Crippen LogP contribution in [-0.2, 0) is 4.79 Å². The largest absolute Gasteiger partial charge is 0.478 e. The van der Waals surface area contributed by atoms with Crippen LogP contribution in [0.1, 0.15) is 40.0 Å². The van der Waals surface area contributed by atoms with E-state index in [1.807, 2.05) is 13.8 Å². The number of hydrogen-bond donors (Lipinski definition) is 2. The van der Waals surface area contributed by atoms with Gasteiger partial charge in [-0.1, -0.05) is 19.4 Å². The summed E-state index contributed by atoms with van der Waals surface area (Å²) in [6, 6.07) is 0. The van der Waals surface area contributed by atoms with E-state index in [9.17, 15) is 9.90 Å². The van der Waals surface area contributed by atoms with Crippen molar-refractivity contribution in [1.29, 1.82) is 0 Å². The molecule has 0 bridgehead atoms. The van der Waals surface area contributed by atoms with Gasteiger partial charge in [0.1, 0.15) is 0 Å².